The fraction of sp³-hybridized carbons (Fsp3) is 0.278. The summed E-state index contributed by atoms with van der Waals surface area (Å²) in [5, 5.41) is 2.41. The monoisotopic (exact) mass is 337 g/mol. The highest BCUT2D eigenvalue weighted by Gasteiger charge is 2.62. The van der Waals surface area contributed by atoms with E-state index in [1.165, 1.54) is 24.3 Å². The molecule has 0 heterocycles. The van der Waals surface area contributed by atoms with Crippen LogP contribution >= 0.6 is 0 Å². The van der Waals surface area contributed by atoms with E-state index in [2.05, 4.69) is 5.32 Å². The lowest BCUT2D eigenvalue weighted by Crippen LogP contribution is -2.56. The van der Waals surface area contributed by atoms with Crippen LogP contribution < -0.4 is 5.32 Å². The largest absolute Gasteiger partial charge is 0.430 e. The van der Waals surface area contributed by atoms with Crippen molar-refractivity contribution >= 4 is 5.91 Å². The Labute approximate surface area is 138 Å². The van der Waals surface area contributed by atoms with Crippen molar-refractivity contribution in [2.45, 2.75) is 24.7 Å². The van der Waals surface area contributed by atoms with Crippen LogP contribution in [-0.2, 0) is 15.1 Å². The van der Waals surface area contributed by atoms with Crippen LogP contribution in [0.4, 0.5) is 13.2 Å². The number of hydrogen-bond donors (Lipinski definition) is 1. The molecule has 0 aliphatic carbocycles. The molecule has 0 aliphatic rings. The summed E-state index contributed by atoms with van der Waals surface area (Å²) in [6, 6.07) is 15.1. The first-order valence-corrected chi connectivity index (χ1v) is 7.36. The molecule has 2 aromatic carbocycles. The van der Waals surface area contributed by atoms with Gasteiger partial charge in [-0.2, -0.15) is 13.2 Å². The van der Waals surface area contributed by atoms with E-state index in [1.807, 2.05) is 0 Å². The van der Waals surface area contributed by atoms with Gasteiger partial charge in [0.1, 0.15) is 0 Å². The summed E-state index contributed by atoms with van der Waals surface area (Å²) in [6.45, 7) is 1.62. The zero-order valence-corrected chi connectivity index (χ0v) is 13.3. The van der Waals surface area contributed by atoms with Gasteiger partial charge in [-0.1, -0.05) is 60.7 Å². The molecule has 3 nitrogen and oxygen atoms in total. The lowest BCUT2D eigenvalue weighted by molar-refractivity contribution is -0.266. The first-order valence-electron chi connectivity index (χ1n) is 7.36. The summed E-state index contributed by atoms with van der Waals surface area (Å²) in [7, 11) is 0.882. The van der Waals surface area contributed by atoms with Crippen LogP contribution in [0, 0.1) is 0 Å². The Morgan fingerprint density at radius 3 is 1.96 bits per heavy atom. The van der Waals surface area contributed by atoms with Crippen LogP contribution in [0.15, 0.2) is 60.7 Å². The summed E-state index contributed by atoms with van der Waals surface area (Å²) in [4.78, 5) is 12.6. The molecular formula is C18H18F3NO2. The van der Waals surface area contributed by atoms with Gasteiger partial charge in [-0.05, 0) is 12.5 Å². The molecule has 0 bridgehead atoms. The standard InChI is InChI=1S/C18H18F3NO2/c1-13(14-9-5-3-6-10-14)22-16(23)17(24-2,18(19,20)21)15-11-7-4-8-12-15/h3-13H,1-2H3,(H,22,23)/t13-,17+/m0/s1. The SMILES string of the molecule is CO[C@@](C(=O)N[C@@H](C)c1ccccc1)(c1ccccc1)C(F)(F)F. The van der Waals surface area contributed by atoms with Gasteiger partial charge in [0.25, 0.3) is 11.5 Å². The fourth-order valence-corrected chi connectivity index (χ4v) is 2.55. The molecule has 1 amide bonds. The quantitative estimate of drug-likeness (QED) is 0.897. The molecule has 0 saturated heterocycles. The number of carbonyl (C=O) groups excluding carboxylic acids is 1. The second-order valence-electron chi connectivity index (χ2n) is 5.35. The first-order chi connectivity index (χ1) is 11.3. The second-order valence-corrected chi connectivity index (χ2v) is 5.35. The van der Waals surface area contributed by atoms with Crippen LogP contribution in [0.1, 0.15) is 24.1 Å². The third-order valence-corrected chi connectivity index (χ3v) is 3.85. The Balaban J connectivity index is 2.39. The summed E-state index contributed by atoms with van der Waals surface area (Å²) in [5.41, 5.74) is -2.62. The van der Waals surface area contributed by atoms with Crippen molar-refractivity contribution in [2.24, 2.45) is 0 Å². The molecule has 6 heteroatoms. The zero-order chi connectivity index (χ0) is 17.8. The third-order valence-electron chi connectivity index (χ3n) is 3.85. The molecular weight excluding hydrogens is 319 g/mol. The fourth-order valence-electron chi connectivity index (χ4n) is 2.55. The summed E-state index contributed by atoms with van der Waals surface area (Å²) in [6.07, 6.45) is -4.91. The van der Waals surface area contributed by atoms with Crippen LogP contribution in [0.3, 0.4) is 0 Å². The maximum absolute atomic E-state index is 13.8. The van der Waals surface area contributed by atoms with Crippen molar-refractivity contribution in [2.75, 3.05) is 7.11 Å². The molecule has 2 rings (SSSR count). The minimum atomic E-state index is -4.91. The van der Waals surface area contributed by atoms with Gasteiger partial charge in [0.2, 0.25) is 0 Å². The summed E-state index contributed by atoms with van der Waals surface area (Å²) < 4.78 is 46.1. The van der Waals surface area contributed by atoms with Gasteiger partial charge in [0.05, 0.1) is 6.04 Å². The molecule has 0 spiro atoms. The first kappa shape index (κ1) is 18.0. The molecule has 0 unspecified atom stereocenters. The molecule has 0 radical (unpaired) electrons. The lowest BCUT2D eigenvalue weighted by Gasteiger charge is -2.34. The highest BCUT2D eigenvalue weighted by molar-refractivity contribution is 5.88. The van der Waals surface area contributed by atoms with Crippen LogP contribution in [0.2, 0.25) is 0 Å². The highest BCUT2D eigenvalue weighted by atomic mass is 19.4. The summed E-state index contributed by atoms with van der Waals surface area (Å²) >= 11 is 0. The predicted octanol–water partition coefficient (Wildman–Crippen LogP) is 3.97. The second kappa shape index (κ2) is 7.05. The van der Waals surface area contributed by atoms with Crippen molar-refractivity contribution in [1.82, 2.24) is 5.32 Å². The van der Waals surface area contributed by atoms with E-state index in [0.29, 0.717) is 5.56 Å². The van der Waals surface area contributed by atoms with Gasteiger partial charge in [0, 0.05) is 12.7 Å². The van der Waals surface area contributed by atoms with E-state index in [9.17, 15) is 18.0 Å². The number of nitrogens with one attached hydrogen (secondary N) is 1. The number of benzene rings is 2. The van der Waals surface area contributed by atoms with Crippen LogP contribution in [-0.4, -0.2) is 19.2 Å². The molecule has 0 saturated carbocycles. The maximum Gasteiger partial charge on any atom is 0.430 e. The van der Waals surface area contributed by atoms with Crippen LogP contribution in [0.5, 0.6) is 0 Å². The number of carbonyl (C=O) groups is 1. The van der Waals surface area contributed by atoms with Crippen molar-refractivity contribution in [1.29, 1.82) is 0 Å². The average Bonchev–Trinajstić information content (AvgIpc) is 2.56. The molecule has 0 aromatic heterocycles. The highest BCUT2D eigenvalue weighted by Crippen LogP contribution is 2.42. The van der Waals surface area contributed by atoms with Crippen molar-refractivity contribution in [3.63, 3.8) is 0 Å². The Hall–Kier alpha value is -2.34. The topological polar surface area (TPSA) is 38.3 Å². The smallest absolute Gasteiger partial charge is 0.356 e. The normalized spacial score (nSPS) is 15.4. The lowest BCUT2D eigenvalue weighted by atomic mass is 9.91. The number of hydrogen-bond acceptors (Lipinski definition) is 2. The Bertz CT molecular complexity index is 674. The molecule has 2 aromatic rings. The molecule has 1 N–H and O–H groups in total. The third kappa shape index (κ3) is 3.28. The minimum absolute atomic E-state index is 0.266. The van der Waals surface area contributed by atoms with E-state index >= 15 is 0 Å². The van der Waals surface area contributed by atoms with Gasteiger partial charge in [-0.25, -0.2) is 0 Å². The predicted molar refractivity (Wildman–Crippen MR) is 84.2 cm³/mol. The molecule has 0 fully saturated rings. The minimum Gasteiger partial charge on any atom is -0.356 e. The van der Waals surface area contributed by atoms with Gasteiger partial charge in [-0.3, -0.25) is 4.79 Å². The van der Waals surface area contributed by atoms with E-state index in [1.54, 1.807) is 43.3 Å². The van der Waals surface area contributed by atoms with E-state index in [4.69, 9.17) is 4.74 Å². The Morgan fingerprint density at radius 1 is 1.00 bits per heavy atom. The maximum atomic E-state index is 13.8. The zero-order valence-electron chi connectivity index (χ0n) is 13.3. The van der Waals surface area contributed by atoms with Crippen molar-refractivity contribution in [3.8, 4) is 0 Å². The van der Waals surface area contributed by atoms with Crippen LogP contribution in [0.25, 0.3) is 0 Å². The Morgan fingerprint density at radius 2 is 1.50 bits per heavy atom. The van der Waals surface area contributed by atoms with E-state index < -0.39 is 23.7 Å². The van der Waals surface area contributed by atoms with Gasteiger partial charge >= 0.3 is 6.18 Å². The van der Waals surface area contributed by atoms with Crippen molar-refractivity contribution in [3.05, 3.63) is 71.8 Å². The molecule has 24 heavy (non-hydrogen) atoms. The van der Waals surface area contributed by atoms with Gasteiger partial charge in [-0.15, -0.1) is 0 Å². The molecule has 128 valence electrons. The molecule has 0 aliphatic heterocycles. The van der Waals surface area contributed by atoms with Gasteiger partial charge in [0.15, 0.2) is 0 Å². The molecule has 2 atom stereocenters. The summed E-state index contributed by atoms with van der Waals surface area (Å²) in [5.74, 6) is -1.25. The number of methoxy groups -OCH3 is 1. The van der Waals surface area contributed by atoms with Crippen molar-refractivity contribution < 1.29 is 22.7 Å². The van der Waals surface area contributed by atoms with Gasteiger partial charge < -0.3 is 10.1 Å². The number of ether oxygens (including phenoxy) is 1. The van der Waals surface area contributed by atoms with E-state index in [-0.39, 0.29) is 5.56 Å². The number of rotatable bonds is 5. The average molecular weight is 337 g/mol. The number of alkyl halides is 3. The number of halogens is 3. The Kier molecular flexibility index (Phi) is 5.29. The number of amides is 1. The van der Waals surface area contributed by atoms with E-state index in [0.717, 1.165) is 7.11 Å².